The lowest BCUT2D eigenvalue weighted by molar-refractivity contribution is 0.756. The number of halogens is 1. The highest BCUT2D eigenvalue weighted by Gasteiger charge is 1.86. The number of rotatable bonds is 1. The van der Waals surface area contributed by atoms with E-state index in [9.17, 15) is 0 Å². The van der Waals surface area contributed by atoms with Crippen LogP contribution in [0.15, 0.2) is 12.3 Å². The fourth-order valence-electron chi connectivity index (χ4n) is 0.530. The molecular formula is C5H7IN2. The van der Waals surface area contributed by atoms with Gasteiger partial charge in [-0.2, -0.15) is 5.10 Å². The van der Waals surface area contributed by atoms with Crippen LogP contribution >= 0.6 is 22.6 Å². The molecule has 0 aliphatic carbocycles. The van der Waals surface area contributed by atoms with Crippen LogP contribution in [0.5, 0.6) is 0 Å². The van der Waals surface area contributed by atoms with E-state index in [1.165, 1.54) is 0 Å². The van der Waals surface area contributed by atoms with E-state index in [2.05, 4.69) is 27.7 Å². The van der Waals surface area contributed by atoms with Crippen LogP contribution in [0.1, 0.15) is 5.69 Å². The molecule has 1 aromatic heterocycles. The SMILES string of the molecule is Cc1ccn(CI)n1. The summed E-state index contributed by atoms with van der Waals surface area (Å²) >= 11 is 2.27. The molecular weight excluding hydrogens is 215 g/mol. The molecule has 44 valence electrons. The number of nitrogens with zero attached hydrogens (tertiary/aromatic N) is 2. The van der Waals surface area contributed by atoms with Crippen molar-refractivity contribution in [3.8, 4) is 0 Å². The van der Waals surface area contributed by atoms with Gasteiger partial charge in [-0.05, 0) is 13.0 Å². The standard InChI is InChI=1S/C5H7IN2/c1-5-2-3-8(4-6)7-5/h2-3H,4H2,1H3. The molecule has 1 aromatic rings. The van der Waals surface area contributed by atoms with Crippen molar-refractivity contribution in [2.75, 3.05) is 0 Å². The monoisotopic (exact) mass is 222 g/mol. The maximum absolute atomic E-state index is 4.14. The van der Waals surface area contributed by atoms with Gasteiger partial charge in [0, 0.05) is 6.20 Å². The van der Waals surface area contributed by atoms with Crippen molar-refractivity contribution in [1.29, 1.82) is 0 Å². The van der Waals surface area contributed by atoms with E-state index in [4.69, 9.17) is 0 Å². The highest BCUT2D eigenvalue weighted by atomic mass is 127. The van der Waals surface area contributed by atoms with Crippen LogP contribution in [0, 0.1) is 6.92 Å². The lowest BCUT2D eigenvalue weighted by Gasteiger charge is -1.87. The lowest BCUT2D eigenvalue weighted by atomic mass is 10.5. The Labute approximate surface area is 62.0 Å². The summed E-state index contributed by atoms with van der Waals surface area (Å²) in [6.07, 6.45) is 1.97. The topological polar surface area (TPSA) is 17.8 Å². The molecule has 3 heteroatoms. The summed E-state index contributed by atoms with van der Waals surface area (Å²) in [5.41, 5.74) is 1.08. The fraction of sp³-hybridized carbons (Fsp3) is 0.400. The third kappa shape index (κ3) is 1.21. The van der Waals surface area contributed by atoms with E-state index >= 15 is 0 Å². The summed E-state index contributed by atoms with van der Waals surface area (Å²) < 4.78 is 2.83. The molecule has 0 radical (unpaired) electrons. The second-order valence-corrected chi connectivity index (χ2v) is 2.30. The van der Waals surface area contributed by atoms with Gasteiger partial charge in [0.25, 0.3) is 0 Å². The number of hydrogen-bond donors (Lipinski definition) is 0. The number of aryl methyl sites for hydroxylation is 1. The highest BCUT2D eigenvalue weighted by molar-refractivity contribution is 14.1. The van der Waals surface area contributed by atoms with Gasteiger partial charge in [0.1, 0.15) is 0 Å². The molecule has 0 unspecified atom stereocenters. The fourth-order valence-corrected chi connectivity index (χ4v) is 0.910. The molecule has 0 bridgehead atoms. The van der Waals surface area contributed by atoms with Crippen LogP contribution in [-0.4, -0.2) is 9.78 Å². The van der Waals surface area contributed by atoms with E-state index < -0.39 is 0 Å². The summed E-state index contributed by atoms with van der Waals surface area (Å²) in [7, 11) is 0. The second kappa shape index (κ2) is 2.48. The molecule has 2 nitrogen and oxygen atoms in total. The average molecular weight is 222 g/mol. The zero-order valence-electron chi connectivity index (χ0n) is 4.63. The van der Waals surface area contributed by atoms with Crippen LogP contribution < -0.4 is 0 Å². The van der Waals surface area contributed by atoms with Gasteiger partial charge in [0.05, 0.1) is 10.2 Å². The van der Waals surface area contributed by atoms with Gasteiger partial charge < -0.3 is 0 Å². The van der Waals surface area contributed by atoms with Gasteiger partial charge in [0.15, 0.2) is 0 Å². The molecule has 0 amide bonds. The van der Waals surface area contributed by atoms with Crippen LogP contribution in [-0.2, 0) is 4.55 Å². The number of alkyl halides is 1. The highest BCUT2D eigenvalue weighted by Crippen LogP contribution is 1.94. The molecule has 0 aliphatic heterocycles. The van der Waals surface area contributed by atoms with Crippen molar-refractivity contribution >= 4 is 22.6 Å². The zero-order chi connectivity index (χ0) is 5.98. The molecule has 0 saturated heterocycles. The van der Waals surface area contributed by atoms with Crippen molar-refractivity contribution in [2.24, 2.45) is 0 Å². The largest absolute Gasteiger partial charge is 0.263 e. The van der Waals surface area contributed by atoms with Crippen LogP contribution in [0.2, 0.25) is 0 Å². The Morgan fingerprint density at radius 2 is 2.62 bits per heavy atom. The predicted molar refractivity (Wildman–Crippen MR) is 41.0 cm³/mol. The minimum absolute atomic E-state index is 0.936. The third-order valence-corrected chi connectivity index (χ3v) is 1.60. The van der Waals surface area contributed by atoms with Crippen molar-refractivity contribution < 1.29 is 0 Å². The molecule has 0 aromatic carbocycles. The number of hydrogen-bond acceptors (Lipinski definition) is 1. The molecule has 0 spiro atoms. The Bertz CT molecular complexity index is 171. The Morgan fingerprint density at radius 3 is 2.88 bits per heavy atom. The van der Waals surface area contributed by atoms with Crippen LogP contribution in [0.3, 0.4) is 0 Å². The molecule has 0 fully saturated rings. The Balaban J connectivity index is 2.84. The first-order valence-corrected chi connectivity index (χ1v) is 3.91. The molecule has 1 rings (SSSR count). The summed E-state index contributed by atoms with van der Waals surface area (Å²) in [6.45, 7) is 1.99. The first-order chi connectivity index (χ1) is 3.83. The van der Waals surface area contributed by atoms with Crippen molar-refractivity contribution in [3.05, 3.63) is 18.0 Å². The van der Waals surface area contributed by atoms with Gasteiger partial charge >= 0.3 is 0 Å². The smallest absolute Gasteiger partial charge is 0.0923 e. The Morgan fingerprint density at radius 1 is 1.88 bits per heavy atom. The van der Waals surface area contributed by atoms with Gasteiger partial charge in [-0.15, -0.1) is 0 Å². The minimum atomic E-state index is 0.936. The first kappa shape index (κ1) is 6.07. The van der Waals surface area contributed by atoms with Gasteiger partial charge in [-0.1, -0.05) is 22.6 Å². The molecule has 0 atom stereocenters. The van der Waals surface area contributed by atoms with Gasteiger partial charge in [0.2, 0.25) is 0 Å². The third-order valence-electron chi connectivity index (χ3n) is 0.896. The van der Waals surface area contributed by atoms with Gasteiger partial charge in [-0.3, -0.25) is 4.68 Å². The van der Waals surface area contributed by atoms with Gasteiger partial charge in [-0.25, -0.2) is 0 Å². The molecule has 1 heterocycles. The van der Waals surface area contributed by atoms with Crippen LogP contribution in [0.25, 0.3) is 0 Å². The quantitative estimate of drug-likeness (QED) is 0.521. The summed E-state index contributed by atoms with van der Waals surface area (Å²) in [5.74, 6) is 0. The van der Waals surface area contributed by atoms with Crippen molar-refractivity contribution in [1.82, 2.24) is 9.78 Å². The van der Waals surface area contributed by atoms with Crippen molar-refractivity contribution in [3.63, 3.8) is 0 Å². The van der Waals surface area contributed by atoms with Crippen LogP contribution in [0.4, 0.5) is 0 Å². The van der Waals surface area contributed by atoms with E-state index in [0.29, 0.717) is 0 Å². The number of aromatic nitrogens is 2. The molecule has 8 heavy (non-hydrogen) atoms. The second-order valence-electron chi connectivity index (χ2n) is 1.62. The Hall–Kier alpha value is -0.0600. The lowest BCUT2D eigenvalue weighted by Crippen LogP contribution is -1.90. The summed E-state index contributed by atoms with van der Waals surface area (Å²) in [6, 6.07) is 2.00. The average Bonchev–Trinajstić information content (AvgIpc) is 2.14. The van der Waals surface area contributed by atoms with E-state index in [0.717, 1.165) is 10.2 Å². The van der Waals surface area contributed by atoms with E-state index in [1.54, 1.807) is 0 Å². The van der Waals surface area contributed by atoms with Crippen molar-refractivity contribution in [2.45, 2.75) is 11.5 Å². The van der Waals surface area contributed by atoms with E-state index in [1.807, 2.05) is 23.9 Å². The summed E-state index contributed by atoms with van der Waals surface area (Å²) in [4.78, 5) is 0. The normalized spacial score (nSPS) is 9.75. The molecule has 0 saturated carbocycles. The maximum Gasteiger partial charge on any atom is 0.0923 e. The van der Waals surface area contributed by atoms with E-state index in [-0.39, 0.29) is 0 Å². The molecule has 0 N–H and O–H groups in total. The minimum Gasteiger partial charge on any atom is -0.263 e. The predicted octanol–water partition coefficient (Wildman–Crippen LogP) is 1.58. The summed E-state index contributed by atoms with van der Waals surface area (Å²) in [5, 5.41) is 4.14. The molecule has 0 aliphatic rings. The maximum atomic E-state index is 4.14. The first-order valence-electron chi connectivity index (χ1n) is 2.39. The zero-order valence-corrected chi connectivity index (χ0v) is 6.79. The Kier molecular flexibility index (Phi) is 1.88.